The maximum absolute atomic E-state index is 13.8. The van der Waals surface area contributed by atoms with Crippen LogP contribution in [0.25, 0.3) is 0 Å². The van der Waals surface area contributed by atoms with E-state index >= 15 is 0 Å². The monoisotopic (exact) mass is 560 g/mol. The van der Waals surface area contributed by atoms with E-state index in [4.69, 9.17) is 4.74 Å². The van der Waals surface area contributed by atoms with Crippen LogP contribution in [0.1, 0.15) is 50.2 Å². The van der Waals surface area contributed by atoms with E-state index in [1.54, 1.807) is 38.1 Å². The predicted octanol–water partition coefficient (Wildman–Crippen LogP) is 3.54. The zero-order valence-corrected chi connectivity index (χ0v) is 23.6. The molecule has 2 aromatic rings. The van der Waals surface area contributed by atoms with Crippen molar-refractivity contribution in [1.82, 2.24) is 10.2 Å². The first-order valence-corrected chi connectivity index (χ1v) is 14.7. The molecule has 212 valence electrons. The first-order valence-electron chi connectivity index (χ1n) is 12.9. The van der Waals surface area contributed by atoms with E-state index in [0.29, 0.717) is 16.9 Å². The Balaban J connectivity index is 1.94. The lowest BCUT2D eigenvalue weighted by atomic mass is 9.95. The Morgan fingerprint density at radius 2 is 1.85 bits per heavy atom. The Kier molecular flexibility index (Phi) is 9.90. The van der Waals surface area contributed by atoms with Gasteiger partial charge in [-0.2, -0.15) is 0 Å². The number of methoxy groups -OCH3 is 1. The van der Waals surface area contributed by atoms with Gasteiger partial charge in [-0.05, 0) is 49.9 Å². The maximum Gasteiger partial charge on any atom is 0.271 e. The highest BCUT2D eigenvalue weighted by Gasteiger charge is 2.32. The molecule has 1 fully saturated rings. The van der Waals surface area contributed by atoms with E-state index in [0.717, 1.165) is 48.7 Å². The van der Waals surface area contributed by atoms with Gasteiger partial charge in [-0.1, -0.05) is 37.5 Å². The van der Waals surface area contributed by atoms with Gasteiger partial charge in [0.25, 0.3) is 5.69 Å². The highest BCUT2D eigenvalue weighted by Crippen LogP contribution is 2.28. The van der Waals surface area contributed by atoms with Crippen molar-refractivity contribution in [1.29, 1.82) is 0 Å². The topological polar surface area (TPSA) is 139 Å². The lowest BCUT2D eigenvalue weighted by Crippen LogP contribution is -2.53. The number of hydrogen-bond acceptors (Lipinski definition) is 7. The van der Waals surface area contributed by atoms with Crippen LogP contribution in [0.2, 0.25) is 0 Å². The molecule has 0 heterocycles. The summed E-state index contributed by atoms with van der Waals surface area (Å²) in [6, 6.07) is 10.0. The largest absolute Gasteiger partial charge is 0.497 e. The van der Waals surface area contributed by atoms with Crippen molar-refractivity contribution >= 4 is 33.2 Å². The second-order valence-electron chi connectivity index (χ2n) is 9.89. The van der Waals surface area contributed by atoms with E-state index in [1.165, 1.54) is 24.1 Å². The number of non-ortho nitro benzene ring substituents is 1. The second-order valence-corrected chi connectivity index (χ2v) is 11.8. The fourth-order valence-electron chi connectivity index (χ4n) is 4.69. The van der Waals surface area contributed by atoms with Crippen molar-refractivity contribution in [2.75, 3.05) is 24.2 Å². The SMILES string of the molecule is COc1cccc(CN(C(=O)CN(c2cc([N+](=O)[O-])ccc2C)S(C)(=O)=O)C(C)C(=O)NC2CCCCC2)c1. The highest BCUT2D eigenvalue weighted by molar-refractivity contribution is 7.92. The number of nitro benzene ring substituents is 1. The van der Waals surface area contributed by atoms with Crippen molar-refractivity contribution in [3.8, 4) is 5.75 Å². The highest BCUT2D eigenvalue weighted by atomic mass is 32.2. The van der Waals surface area contributed by atoms with Gasteiger partial charge < -0.3 is 15.0 Å². The van der Waals surface area contributed by atoms with Crippen LogP contribution in [0, 0.1) is 17.0 Å². The van der Waals surface area contributed by atoms with E-state index in [1.807, 2.05) is 0 Å². The fourth-order valence-corrected chi connectivity index (χ4v) is 5.59. The Morgan fingerprint density at radius 3 is 2.46 bits per heavy atom. The van der Waals surface area contributed by atoms with Gasteiger partial charge in [0.15, 0.2) is 0 Å². The average molecular weight is 561 g/mol. The van der Waals surface area contributed by atoms with Gasteiger partial charge in [0.05, 0.1) is 24.0 Å². The number of hydrogen-bond donors (Lipinski definition) is 1. The molecule has 0 radical (unpaired) electrons. The molecular formula is C27H36N4O7S. The molecule has 39 heavy (non-hydrogen) atoms. The second kappa shape index (κ2) is 12.9. The summed E-state index contributed by atoms with van der Waals surface area (Å²) in [7, 11) is -2.50. The lowest BCUT2D eigenvalue weighted by molar-refractivity contribution is -0.384. The van der Waals surface area contributed by atoms with Gasteiger partial charge in [-0.25, -0.2) is 8.42 Å². The van der Waals surface area contributed by atoms with Gasteiger partial charge in [-0.3, -0.25) is 24.0 Å². The normalized spacial score (nSPS) is 14.8. The molecule has 0 saturated heterocycles. The maximum atomic E-state index is 13.8. The number of nitrogens with zero attached hydrogens (tertiary/aromatic N) is 3. The van der Waals surface area contributed by atoms with Crippen LogP contribution in [-0.2, 0) is 26.2 Å². The molecule has 0 bridgehead atoms. The molecule has 2 amide bonds. The number of amides is 2. The first-order chi connectivity index (χ1) is 18.4. The number of anilines is 1. The number of rotatable bonds is 11. The zero-order valence-electron chi connectivity index (χ0n) is 22.8. The summed E-state index contributed by atoms with van der Waals surface area (Å²) in [5, 5.41) is 14.4. The van der Waals surface area contributed by atoms with Crippen molar-refractivity contribution < 1.29 is 27.7 Å². The van der Waals surface area contributed by atoms with Gasteiger partial charge in [-0.15, -0.1) is 0 Å². The molecule has 1 atom stereocenters. The van der Waals surface area contributed by atoms with Gasteiger partial charge in [0.1, 0.15) is 18.3 Å². The molecule has 1 unspecified atom stereocenters. The Hall–Kier alpha value is -3.67. The van der Waals surface area contributed by atoms with Gasteiger partial charge in [0, 0.05) is 24.7 Å². The number of benzene rings is 2. The zero-order chi connectivity index (χ0) is 28.7. The molecule has 1 aliphatic carbocycles. The van der Waals surface area contributed by atoms with Crippen LogP contribution >= 0.6 is 0 Å². The van der Waals surface area contributed by atoms with Crippen molar-refractivity contribution in [2.45, 2.75) is 64.6 Å². The van der Waals surface area contributed by atoms with Crippen LogP contribution < -0.4 is 14.4 Å². The molecule has 0 aromatic heterocycles. The minimum absolute atomic E-state index is 0.0284. The van der Waals surface area contributed by atoms with Crippen LogP contribution in [0.5, 0.6) is 5.75 Å². The van der Waals surface area contributed by atoms with E-state index in [9.17, 15) is 28.1 Å². The number of nitrogens with one attached hydrogen (secondary N) is 1. The summed E-state index contributed by atoms with van der Waals surface area (Å²) in [6.45, 7) is 2.61. The molecule has 0 aliphatic heterocycles. The first kappa shape index (κ1) is 29.9. The summed E-state index contributed by atoms with van der Waals surface area (Å²) >= 11 is 0. The molecule has 0 spiro atoms. The van der Waals surface area contributed by atoms with Crippen molar-refractivity contribution in [2.24, 2.45) is 0 Å². The minimum atomic E-state index is -4.02. The number of sulfonamides is 1. The molecule has 11 nitrogen and oxygen atoms in total. The smallest absolute Gasteiger partial charge is 0.271 e. The Labute approximate surface area is 229 Å². The summed E-state index contributed by atoms with van der Waals surface area (Å²) in [5.74, 6) is -0.375. The lowest BCUT2D eigenvalue weighted by Gasteiger charge is -2.33. The number of ether oxygens (including phenoxy) is 1. The Bertz CT molecular complexity index is 1310. The average Bonchev–Trinajstić information content (AvgIpc) is 2.90. The van der Waals surface area contributed by atoms with Crippen LogP contribution in [0.4, 0.5) is 11.4 Å². The number of carbonyl (C=O) groups excluding carboxylic acids is 2. The van der Waals surface area contributed by atoms with Crippen molar-refractivity contribution in [3.05, 3.63) is 63.7 Å². The van der Waals surface area contributed by atoms with Crippen LogP contribution in [0.15, 0.2) is 42.5 Å². The van der Waals surface area contributed by atoms with Crippen molar-refractivity contribution in [3.63, 3.8) is 0 Å². The molecule has 1 saturated carbocycles. The Morgan fingerprint density at radius 1 is 1.15 bits per heavy atom. The van der Waals surface area contributed by atoms with Gasteiger partial charge >= 0.3 is 0 Å². The third kappa shape index (κ3) is 7.92. The molecule has 1 N–H and O–H groups in total. The fraction of sp³-hybridized carbons (Fsp3) is 0.481. The van der Waals surface area contributed by atoms with Gasteiger partial charge in [0.2, 0.25) is 21.8 Å². The molecule has 3 rings (SSSR count). The van der Waals surface area contributed by atoms with Crippen LogP contribution in [0.3, 0.4) is 0 Å². The standard InChI is InChI=1S/C27H36N4O7S/c1-19-13-14-23(31(34)35)16-25(19)30(39(4,36)37)18-26(32)29(17-21-9-8-12-24(15-21)38-3)20(2)27(33)28-22-10-6-5-7-11-22/h8-9,12-16,20,22H,5-7,10-11,17-18H2,1-4H3,(H,28,33). The third-order valence-electron chi connectivity index (χ3n) is 6.96. The van der Waals surface area contributed by atoms with E-state index < -0.39 is 33.4 Å². The molecule has 1 aliphatic rings. The third-order valence-corrected chi connectivity index (χ3v) is 8.08. The summed E-state index contributed by atoms with van der Waals surface area (Å²) < 4.78 is 31.8. The number of carbonyl (C=O) groups is 2. The quantitative estimate of drug-likeness (QED) is 0.328. The summed E-state index contributed by atoms with van der Waals surface area (Å²) in [5.41, 5.74) is 0.865. The predicted molar refractivity (Wildman–Crippen MR) is 148 cm³/mol. The summed E-state index contributed by atoms with van der Waals surface area (Å²) in [6.07, 6.45) is 5.85. The summed E-state index contributed by atoms with van der Waals surface area (Å²) in [4.78, 5) is 39.1. The van der Waals surface area contributed by atoms with E-state index in [-0.39, 0.29) is 29.9 Å². The minimum Gasteiger partial charge on any atom is -0.497 e. The number of aryl methyl sites for hydroxylation is 1. The molecular weight excluding hydrogens is 524 g/mol. The number of nitro groups is 1. The van der Waals surface area contributed by atoms with E-state index in [2.05, 4.69) is 5.32 Å². The molecule has 12 heteroatoms. The van der Waals surface area contributed by atoms with Crippen LogP contribution in [-0.4, -0.2) is 62.0 Å². The molecule has 2 aromatic carbocycles.